The lowest BCUT2D eigenvalue weighted by Gasteiger charge is -2.32. The van der Waals surface area contributed by atoms with Gasteiger partial charge in [0, 0.05) is 11.3 Å². The van der Waals surface area contributed by atoms with E-state index < -0.39 is 11.7 Å². The van der Waals surface area contributed by atoms with Crippen LogP contribution in [0.15, 0.2) is 78.4 Å². The zero-order valence-corrected chi connectivity index (χ0v) is 17.2. The molecule has 1 unspecified atom stereocenters. The summed E-state index contributed by atoms with van der Waals surface area (Å²) in [6, 6.07) is 18.0. The molecule has 1 aromatic heterocycles. The third-order valence-corrected chi connectivity index (χ3v) is 6.66. The summed E-state index contributed by atoms with van der Waals surface area (Å²) in [6.45, 7) is 0. The van der Waals surface area contributed by atoms with Crippen molar-refractivity contribution in [3.8, 4) is 0 Å². The third kappa shape index (κ3) is 3.03. The van der Waals surface area contributed by atoms with Crippen LogP contribution in [0.3, 0.4) is 0 Å². The van der Waals surface area contributed by atoms with E-state index in [0.717, 1.165) is 57.6 Å². The molecule has 0 aliphatic heterocycles. The maximum Gasteiger partial charge on any atom is 0.416 e. The van der Waals surface area contributed by atoms with Crippen LogP contribution in [-0.2, 0) is 12.6 Å². The largest absolute Gasteiger partial charge is 0.416 e. The van der Waals surface area contributed by atoms with Gasteiger partial charge in [0.2, 0.25) is 0 Å². The van der Waals surface area contributed by atoms with Crippen molar-refractivity contribution in [3.63, 3.8) is 0 Å². The van der Waals surface area contributed by atoms with E-state index in [-0.39, 0.29) is 5.92 Å². The predicted octanol–water partition coefficient (Wildman–Crippen LogP) is 7.25. The first-order valence-corrected chi connectivity index (χ1v) is 10.7. The molecule has 1 heterocycles. The van der Waals surface area contributed by atoms with E-state index in [0.29, 0.717) is 11.8 Å². The standard InChI is InChI=1S/C27H19F3N2/c28-27(29,30)18-11-9-16-10-12-21-19-6-2-3-7-20(19)24(15-23(21)22(16)14-18)26-13-17-5-1-4-8-25(17)31-32-26/h1-2,4-6,8-14,24H,3,7,15H2. The van der Waals surface area contributed by atoms with Crippen LogP contribution >= 0.6 is 0 Å². The van der Waals surface area contributed by atoms with Crippen LogP contribution in [0.1, 0.15) is 41.1 Å². The summed E-state index contributed by atoms with van der Waals surface area (Å²) >= 11 is 0. The van der Waals surface area contributed by atoms with Crippen LogP contribution in [0.2, 0.25) is 0 Å². The fourth-order valence-electron chi connectivity index (χ4n) is 5.12. The summed E-state index contributed by atoms with van der Waals surface area (Å²) in [5.41, 5.74) is 5.52. The van der Waals surface area contributed by atoms with Crippen LogP contribution in [-0.4, -0.2) is 10.2 Å². The monoisotopic (exact) mass is 428 g/mol. The zero-order chi connectivity index (χ0) is 21.9. The maximum atomic E-state index is 13.5. The average molecular weight is 428 g/mol. The molecule has 0 fully saturated rings. The molecule has 4 aromatic rings. The third-order valence-electron chi connectivity index (χ3n) is 6.66. The van der Waals surface area contributed by atoms with Crippen molar-refractivity contribution in [2.75, 3.05) is 0 Å². The Morgan fingerprint density at radius 2 is 1.72 bits per heavy atom. The van der Waals surface area contributed by atoms with Crippen LogP contribution in [0.4, 0.5) is 13.2 Å². The topological polar surface area (TPSA) is 25.8 Å². The molecule has 2 aliphatic rings. The molecule has 32 heavy (non-hydrogen) atoms. The minimum absolute atomic E-state index is 0.000279. The second-order valence-corrected chi connectivity index (χ2v) is 8.49. The van der Waals surface area contributed by atoms with Gasteiger partial charge in [-0.15, -0.1) is 0 Å². The normalized spacial score (nSPS) is 18.2. The summed E-state index contributed by atoms with van der Waals surface area (Å²) in [4.78, 5) is 0. The van der Waals surface area contributed by atoms with Crippen LogP contribution in [0, 0.1) is 0 Å². The lowest BCUT2D eigenvalue weighted by atomic mass is 9.72. The summed E-state index contributed by atoms with van der Waals surface area (Å²) in [5, 5.41) is 11.5. The Bertz CT molecular complexity index is 1450. The van der Waals surface area contributed by atoms with E-state index in [1.807, 2.05) is 30.3 Å². The average Bonchev–Trinajstić information content (AvgIpc) is 2.82. The smallest absolute Gasteiger partial charge is 0.166 e. The molecule has 0 saturated heterocycles. The molecule has 3 aromatic carbocycles. The van der Waals surface area contributed by atoms with Crippen molar-refractivity contribution < 1.29 is 13.2 Å². The predicted molar refractivity (Wildman–Crippen MR) is 120 cm³/mol. The van der Waals surface area contributed by atoms with Gasteiger partial charge in [0.1, 0.15) is 0 Å². The Hall–Kier alpha value is -3.47. The molecular weight excluding hydrogens is 409 g/mol. The van der Waals surface area contributed by atoms with E-state index in [9.17, 15) is 13.2 Å². The molecule has 0 N–H and O–H groups in total. The molecule has 5 heteroatoms. The minimum Gasteiger partial charge on any atom is -0.166 e. The van der Waals surface area contributed by atoms with Gasteiger partial charge in [-0.2, -0.15) is 23.4 Å². The molecule has 158 valence electrons. The second kappa shape index (κ2) is 7.02. The highest BCUT2D eigenvalue weighted by Crippen LogP contribution is 2.46. The Morgan fingerprint density at radius 3 is 2.59 bits per heavy atom. The first-order valence-electron chi connectivity index (χ1n) is 10.7. The summed E-state index contributed by atoms with van der Waals surface area (Å²) in [5.74, 6) is -0.000279. The first-order chi connectivity index (χ1) is 15.5. The summed E-state index contributed by atoms with van der Waals surface area (Å²) in [7, 11) is 0. The number of hydrogen-bond acceptors (Lipinski definition) is 2. The highest BCUT2D eigenvalue weighted by atomic mass is 19.4. The van der Waals surface area contributed by atoms with Crippen molar-refractivity contribution in [1.82, 2.24) is 10.2 Å². The van der Waals surface area contributed by atoms with Gasteiger partial charge in [-0.05, 0) is 71.0 Å². The molecule has 1 atom stereocenters. The van der Waals surface area contributed by atoms with E-state index in [1.165, 1.54) is 11.6 Å². The summed E-state index contributed by atoms with van der Waals surface area (Å²) in [6.07, 6.45) is 2.39. The highest BCUT2D eigenvalue weighted by Gasteiger charge is 2.33. The van der Waals surface area contributed by atoms with Gasteiger partial charge >= 0.3 is 6.18 Å². The zero-order valence-electron chi connectivity index (χ0n) is 17.2. The van der Waals surface area contributed by atoms with E-state index in [2.05, 4.69) is 34.5 Å². The molecule has 2 aliphatic carbocycles. The number of allylic oxidation sites excluding steroid dienone is 4. The Kier molecular flexibility index (Phi) is 4.22. The Labute approximate surface area is 183 Å². The van der Waals surface area contributed by atoms with Crippen molar-refractivity contribution in [2.24, 2.45) is 0 Å². The number of aromatic nitrogens is 2. The van der Waals surface area contributed by atoms with E-state index in [1.54, 1.807) is 6.07 Å². The number of fused-ring (bicyclic) bond motifs is 5. The molecule has 6 rings (SSSR count). The molecule has 2 nitrogen and oxygen atoms in total. The van der Waals surface area contributed by atoms with Crippen molar-refractivity contribution in [3.05, 3.63) is 101 Å². The van der Waals surface area contributed by atoms with Gasteiger partial charge < -0.3 is 0 Å². The summed E-state index contributed by atoms with van der Waals surface area (Å²) < 4.78 is 40.4. The van der Waals surface area contributed by atoms with Gasteiger partial charge in [0.05, 0.1) is 16.8 Å². The fraction of sp³-hybridized carbons (Fsp3) is 0.185. The van der Waals surface area contributed by atoms with Crippen molar-refractivity contribution in [1.29, 1.82) is 0 Å². The Balaban J connectivity index is 1.58. The second-order valence-electron chi connectivity index (χ2n) is 8.49. The van der Waals surface area contributed by atoms with Crippen molar-refractivity contribution in [2.45, 2.75) is 31.4 Å². The lowest BCUT2D eigenvalue weighted by Crippen LogP contribution is -2.18. The maximum absolute atomic E-state index is 13.5. The fourth-order valence-corrected chi connectivity index (χ4v) is 5.12. The molecule has 0 bridgehead atoms. The number of alkyl halides is 3. The van der Waals surface area contributed by atoms with Crippen LogP contribution < -0.4 is 0 Å². The quantitative estimate of drug-likeness (QED) is 0.319. The number of benzene rings is 3. The lowest BCUT2D eigenvalue weighted by molar-refractivity contribution is -0.137. The molecular formula is C27H19F3N2. The number of halogens is 3. The van der Waals surface area contributed by atoms with Crippen molar-refractivity contribution >= 4 is 27.2 Å². The Morgan fingerprint density at radius 1 is 0.875 bits per heavy atom. The van der Waals surface area contributed by atoms with Crippen LogP contribution in [0.5, 0.6) is 0 Å². The number of rotatable bonds is 1. The number of nitrogens with zero attached hydrogens (tertiary/aromatic N) is 2. The molecule has 0 saturated carbocycles. The number of hydrogen-bond donors (Lipinski definition) is 0. The van der Waals surface area contributed by atoms with E-state index >= 15 is 0 Å². The SMILES string of the molecule is FC(F)(F)c1ccc2ccc3c(c2c1)CC(c1cc2ccccc2nn1)C1=C3C=CCC1. The van der Waals surface area contributed by atoms with Gasteiger partial charge in [0.15, 0.2) is 0 Å². The van der Waals surface area contributed by atoms with Gasteiger partial charge in [-0.1, -0.05) is 54.1 Å². The molecule has 0 spiro atoms. The molecule has 0 radical (unpaired) electrons. The minimum atomic E-state index is -4.37. The molecule has 0 amide bonds. The van der Waals surface area contributed by atoms with Gasteiger partial charge in [-0.25, -0.2) is 0 Å². The highest BCUT2D eigenvalue weighted by molar-refractivity contribution is 5.95. The van der Waals surface area contributed by atoms with Gasteiger partial charge in [-0.3, -0.25) is 0 Å². The van der Waals surface area contributed by atoms with E-state index in [4.69, 9.17) is 0 Å². The first kappa shape index (κ1) is 19.2. The van der Waals surface area contributed by atoms with Crippen LogP contribution in [0.25, 0.3) is 27.2 Å². The van der Waals surface area contributed by atoms with Gasteiger partial charge in [0.25, 0.3) is 0 Å².